The Hall–Kier alpha value is -1.16. The highest BCUT2D eigenvalue weighted by Crippen LogP contribution is 2.19. The molecule has 0 saturated heterocycles. The quantitative estimate of drug-likeness (QED) is 0.306. The average Bonchev–Trinajstić information content (AvgIpc) is 2.61. The number of amides is 1. The summed E-state index contributed by atoms with van der Waals surface area (Å²) in [6, 6.07) is 8.19. The minimum absolute atomic E-state index is 0. The standard InChI is InChI=1S/C21H36N4O2S.HI/c1-20(2,3)27-19(26)25(7)14-17-11-9-16(10-12-17)13-23-18(22-6)24-15-21(4,5)28-8;/h9-12H,13-15H2,1-8H3,(H2,22,23,24);1H. The Morgan fingerprint density at radius 3 is 2.14 bits per heavy atom. The Bertz CT molecular complexity index is 658. The fraction of sp³-hybridized carbons (Fsp3) is 0.619. The van der Waals surface area contributed by atoms with E-state index >= 15 is 0 Å². The Kier molecular flexibility index (Phi) is 12.0. The van der Waals surface area contributed by atoms with Crippen LogP contribution in [0.25, 0.3) is 0 Å². The van der Waals surface area contributed by atoms with Crippen LogP contribution in [0.4, 0.5) is 4.79 Å². The lowest BCUT2D eigenvalue weighted by Crippen LogP contribution is -2.42. The van der Waals surface area contributed by atoms with Gasteiger partial charge in [-0.05, 0) is 52.0 Å². The molecule has 2 N–H and O–H groups in total. The van der Waals surface area contributed by atoms with Gasteiger partial charge in [0.05, 0.1) is 0 Å². The van der Waals surface area contributed by atoms with Gasteiger partial charge in [-0.1, -0.05) is 24.3 Å². The van der Waals surface area contributed by atoms with E-state index in [9.17, 15) is 4.79 Å². The van der Waals surface area contributed by atoms with E-state index in [4.69, 9.17) is 4.74 Å². The van der Waals surface area contributed by atoms with Crippen LogP contribution in [0.2, 0.25) is 0 Å². The summed E-state index contributed by atoms with van der Waals surface area (Å²) in [4.78, 5) is 17.9. The molecule has 0 saturated carbocycles. The van der Waals surface area contributed by atoms with Crippen LogP contribution in [0.5, 0.6) is 0 Å². The predicted molar refractivity (Wildman–Crippen MR) is 135 cm³/mol. The first-order valence-electron chi connectivity index (χ1n) is 9.47. The first-order valence-corrected chi connectivity index (χ1v) is 10.7. The molecule has 1 aromatic rings. The van der Waals surface area contributed by atoms with Gasteiger partial charge < -0.3 is 20.3 Å². The molecule has 0 fully saturated rings. The molecule has 0 unspecified atom stereocenters. The van der Waals surface area contributed by atoms with Crippen molar-refractivity contribution in [1.82, 2.24) is 15.5 Å². The molecular weight excluding hydrogens is 499 g/mol. The van der Waals surface area contributed by atoms with Crippen LogP contribution in [0.1, 0.15) is 45.7 Å². The Labute approximate surface area is 197 Å². The van der Waals surface area contributed by atoms with E-state index in [2.05, 4.69) is 47.9 Å². The summed E-state index contributed by atoms with van der Waals surface area (Å²) in [5.41, 5.74) is 1.72. The van der Waals surface area contributed by atoms with Crippen LogP contribution in [-0.4, -0.2) is 54.2 Å². The van der Waals surface area contributed by atoms with Gasteiger partial charge in [0.2, 0.25) is 0 Å². The number of rotatable bonds is 7. The zero-order chi connectivity index (χ0) is 21.4. The maximum Gasteiger partial charge on any atom is 0.410 e. The monoisotopic (exact) mass is 536 g/mol. The van der Waals surface area contributed by atoms with E-state index in [1.165, 1.54) is 0 Å². The molecule has 0 radical (unpaired) electrons. The van der Waals surface area contributed by atoms with Gasteiger partial charge in [-0.25, -0.2) is 4.79 Å². The number of guanidine groups is 1. The fourth-order valence-corrected chi connectivity index (χ4v) is 2.43. The molecule has 0 heterocycles. The Balaban J connectivity index is 0.00000784. The van der Waals surface area contributed by atoms with E-state index in [0.29, 0.717) is 13.1 Å². The Morgan fingerprint density at radius 1 is 1.10 bits per heavy atom. The molecular formula is C21H37IN4O2S. The van der Waals surface area contributed by atoms with Crippen molar-refractivity contribution >= 4 is 47.8 Å². The second-order valence-corrected chi connectivity index (χ2v) is 9.91. The number of halogens is 1. The lowest BCUT2D eigenvalue weighted by Gasteiger charge is -2.24. The third-order valence-corrected chi connectivity index (χ3v) is 5.32. The molecule has 1 amide bonds. The van der Waals surface area contributed by atoms with E-state index in [0.717, 1.165) is 23.6 Å². The summed E-state index contributed by atoms with van der Waals surface area (Å²) in [7, 11) is 3.52. The third-order valence-electron chi connectivity index (χ3n) is 4.07. The molecule has 0 aliphatic carbocycles. The van der Waals surface area contributed by atoms with Crippen molar-refractivity contribution in [1.29, 1.82) is 0 Å². The molecule has 8 heteroatoms. The van der Waals surface area contributed by atoms with Gasteiger partial charge in [-0.2, -0.15) is 11.8 Å². The fourth-order valence-electron chi connectivity index (χ4n) is 2.22. The summed E-state index contributed by atoms with van der Waals surface area (Å²) in [6.07, 6.45) is 1.79. The second-order valence-electron chi connectivity index (χ2n) is 8.40. The van der Waals surface area contributed by atoms with Crippen LogP contribution in [-0.2, 0) is 17.8 Å². The highest BCUT2D eigenvalue weighted by Gasteiger charge is 2.19. The molecule has 1 rings (SSSR count). The number of aliphatic imine (C=N–C) groups is 1. The summed E-state index contributed by atoms with van der Waals surface area (Å²) in [5.74, 6) is 0.788. The third kappa shape index (κ3) is 11.6. The molecule has 0 aliphatic heterocycles. The SMILES string of the molecule is CN=C(NCc1ccc(CN(C)C(=O)OC(C)(C)C)cc1)NCC(C)(C)SC.I. The van der Waals surface area contributed by atoms with Crippen molar-refractivity contribution in [2.75, 3.05) is 26.9 Å². The number of thioether (sulfide) groups is 1. The smallest absolute Gasteiger partial charge is 0.410 e. The van der Waals surface area contributed by atoms with Crippen LogP contribution in [0, 0.1) is 0 Å². The minimum Gasteiger partial charge on any atom is -0.444 e. The topological polar surface area (TPSA) is 66.0 Å². The molecule has 0 spiro atoms. The van der Waals surface area contributed by atoms with Crippen LogP contribution in [0.15, 0.2) is 29.3 Å². The van der Waals surface area contributed by atoms with E-state index in [-0.39, 0.29) is 34.8 Å². The van der Waals surface area contributed by atoms with Gasteiger partial charge in [0.25, 0.3) is 0 Å². The summed E-state index contributed by atoms with van der Waals surface area (Å²) in [5, 5.41) is 6.69. The van der Waals surface area contributed by atoms with Crippen LogP contribution < -0.4 is 10.6 Å². The van der Waals surface area contributed by atoms with Crippen LogP contribution in [0.3, 0.4) is 0 Å². The second kappa shape index (κ2) is 12.5. The molecule has 6 nitrogen and oxygen atoms in total. The first-order chi connectivity index (χ1) is 13.0. The van der Waals surface area contributed by atoms with Crippen molar-refractivity contribution in [3.63, 3.8) is 0 Å². The van der Waals surface area contributed by atoms with Gasteiger partial charge in [-0.3, -0.25) is 4.99 Å². The zero-order valence-electron chi connectivity index (χ0n) is 19.0. The van der Waals surface area contributed by atoms with Crippen molar-refractivity contribution in [2.24, 2.45) is 4.99 Å². The van der Waals surface area contributed by atoms with Gasteiger partial charge in [0, 0.05) is 38.5 Å². The summed E-state index contributed by atoms with van der Waals surface area (Å²) >= 11 is 1.82. The minimum atomic E-state index is -0.488. The number of carbonyl (C=O) groups excluding carboxylic acids is 1. The zero-order valence-corrected chi connectivity index (χ0v) is 22.1. The van der Waals surface area contributed by atoms with Crippen molar-refractivity contribution < 1.29 is 9.53 Å². The number of hydrogen-bond donors (Lipinski definition) is 2. The number of nitrogens with one attached hydrogen (secondary N) is 2. The number of hydrogen-bond acceptors (Lipinski definition) is 4. The summed E-state index contributed by atoms with van der Waals surface area (Å²) < 4.78 is 5.54. The number of carbonyl (C=O) groups is 1. The van der Waals surface area contributed by atoms with Gasteiger partial charge in [0.15, 0.2) is 5.96 Å². The average molecular weight is 537 g/mol. The predicted octanol–water partition coefficient (Wildman–Crippen LogP) is 4.48. The molecule has 0 bridgehead atoms. The molecule has 166 valence electrons. The van der Waals surface area contributed by atoms with Gasteiger partial charge >= 0.3 is 6.09 Å². The molecule has 29 heavy (non-hydrogen) atoms. The molecule has 1 aromatic carbocycles. The van der Waals surface area contributed by atoms with Crippen molar-refractivity contribution in [2.45, 2.75) is 58.1 Å². The van der Waals surface area contributed by atoms with Crippen molar-refractivity contribution in [3.8, 4) is 0 Å². The van der Waals surface area contributed by atoms with E-state index < -0.39 is 5.60 Å². The molecule has 0 aliphatic rings. The van der Waals surface area contributed by atoms with Gasteiger partial charge in [0.1, 0.15) is 5.60 Å². The van der Waals surface area contributed by atoms with Crippen molar-refractivity contribution in [3.05, 3.63) is 35.4 Å². The lowest BCUT2D eigenvalue weighted by atomic mass is 10.1. The number of ether oxygens (including phenoxy) is 1. The highest BCUT2D eigenvalue weighted by atomic mass is 127. The van der Waals surface area contributed by atoms with E-state index in [1.807, 2.05) is 44.7 Å². The number of nitrogens with zero attached hydrogens (tertiary/aromatic N) is 2. The largest absolute Gasteiger partial charge is 0.444 e. The first kappa shape index (κ1) is 27.8. The molecule has 0 atom stereocenters. The molecule has 0 aromatic heterocycles. The highest BCUT2D eigenvalue weighted by molar-refractivity contribution is 14.0. The van der Waals surface area contributed by atoms with Crippen LogP contribution >= 0.6 is 35.7 Å². The maximum atomic E-state index is 12.1. The Morgan fingerprint density at radius 2 is 1.66 bits per heavy atom. The van der Waals surface area contributed by atoms with Gasteiger partial charge in [-0.15, -0.1) is 24.0 Å². The lowest BCUT2D eigenvalue weighted by molar-refractivity contribution is 0.0285. The number of benzene rings is 1. The van der Waals surface area contributed by atoms with E-state index in [1.54, 1.807) is 19.0 Å². The normalized spacial score (nSPS) is 12.1. The maximum absolute atomic E-state index is 12.1. The summed E-state index contributed by atoms with van der Waals surface area (Å²) in [6.45, 7) is 12.0.